The topological polar surface area (TPSA) is 175 Å². The Morgan fingerprint density at radius 2 is 1.64 bits per heavy atom. The first-order chi connectivity index (χ1) is 24.7. The van der Waals surface area contributed by atoms with Gasteiger partial charge in [0, 0.05) is 50.0 Å². The summed E-state index contributed by atoms with van der Waals surface area (Å²) in [6, 6.07) is 0. The van der Waals surface area contributed by atoms with Crippen molar-refractivity contribution in [3.63, 3.8) is 0 Å². The van der Waals surface area contributed by atoms with E-state index in [0.29, 0.717) is 44.9 Å². The molecule has 2 fully saturated rings. The smallest absolute Gasteiger partial charge is 0.330 e. The summed E-state index contributed by atoms with van der Waals surface area (Å²) in [5, 5.41) is 65.7. The molecule has 4 aliphatic heterocycles. The first-order valence-electron chi connectivity index (χ1n) is 20.2. The highest BCUT2D eigenvalue weighted by Crippen LogP contribution is 2.47. The number of allylic oxidation sites excluding steroid dienone is 2. The van der Waals surface area contributed by atoms with Gasteiger partial charge in [0.05, 0.1) is 42.2 Å². The van der Waals surface area contributed by atoms with Crippen molar-refractivity contribution in [1.29, 1.82) is 0 Å². The van der Waals surface area contributed by atoms with Gasteiger partial charge in [-0.15, -0.1) is 0 Å². The minimum atomic E-state index is -1.93. The van der Waals surface area contributed by atoms with Crippen LogP contribution in [0.2, 0.25) is 0 Å². The van der Waals surface area contributed by atoms with E-state index in [-0.39, 0.29) is 24.4 Å². The van der Waals surface area contributed by atoms with E-state index in [1.54, 1.807) is 13.8 Å². The number of aliphatic hydroxyl groups excluding tert-OH is 4. The minimum Gasteiger partial charge on any atom is -0.491 e. The lowest BCUT2D eigenvalue weighted by Crippen LogP contribution is -2.57. The second kappa shape index (κ2) is 18.0. The molecular formula is C42H70O11. The molecule has 2 saturated heterocycles. The number of esters is 1. The fourth-order valence-electron chi connectivity index (χ4n) is 8.35. The molecule has 4 heterocycles. The monoisotopic (exact) mass is 750 g/mol. The molecule has 0 saturated carbocycles. The van der Waals surface area contributed by atoms with Gasteiger partial charge in [-0.1, -0.05) is 52.7 Å². The number of aliphatic hydroxyl groups is 6. The summed E-state index contributed by atoms with van der Waals surface area (Å²) in [6.07, 6.45) is 8.21. The first kappa shape index (κ1) is 43.9. The molecular weight excluding hydrogens is 680 g/mol. The van der Waals surface area contributed by atoms with Crippen LogP contribution in [0.4, 0.5) is 0 Å². The molecule has 13 unspecified atom stereocenters. The van der Waals surface area contributed by atoms with Crippen molar-refractivity contribution >= 4 is 5.97 Å². The zero-order valence-electron chi connectivity index (χ0n) is 33.5. The predicted octanol–water partition coefficient (Wildman–Crippen LogP) is 5.53. The van der Waals surface area contributed by atoms with E-state index in [9.17, 15) is 35.4 Å². The van der Waals surface area contributed by atoms with Gasteiger partial charge in [0.1, 0.15) is 23.1 Å². The van der Waals surface area contributed by atoms with Crippen molar-refractivity contribution in [2.24, 2.45) is 17.8 Å². The van der Waals surface area contributed by atoms with Crippen LogP contribution in [0.15, 0.2) is 35.6 Å². The Bertz CT molecular complexity index is 1300. The Morgan fingerprint density at radius 1 is 0.925 bits per heavy atom. The highest BCUT2D eigenvalue weighted by molar-refractivity contribution is 5.82. The molecule has 0 amide bonds. The van der Waals surface area contributed by atoms with Crippen molar-refractivity contribution in [3.05, 3.63) is 35.6 Å². The third-order valence-electron chi connectivity index (χ3n) is 12.4. The Morgan fingerprint density at radius 3 is 2.34 bits per heavy atom. The van der Waals surface area contributed by atoms with Crippen molar-refractivity contribution < 1.29 is 54.4 Å². The molecule has 0 aromatic rings. The predicted molar refractivity (Wildman–Crippen MR) is 201 cm³/mol. The highest BCUT2D eigenvalue weighted by atomic mass is 16.7. The van der Waals surface area contributed by atoms with E-state index in [4.69, 9.17) is 18.9 Å². The molecule has 2 bridgehead atoms. The van der Waals surface area contributed by atoms with Crippen molar-refractivity contribution in [3.8, 4) is 0 Å². The molecule has 11 nitrogen and oxygen atoms in total. The Kier molecular flexibility index (Phi) is 14.9. The SMILES string of the molecule is CCC(O)CC1OC2(CCC1C)CC1OC(=O)/C=C/C(C)(O)C(O)C(C)C(O)CC(O)C(C)(O)CCCCC/C=C/C3=C(CC(O2)C1C)OC(C)(C)C3. The van der Waals surface area contributed by atoms with Gasteiger partial charge in [-0.05, 0) is 83.8 Å². The first-order valence-corrected chi connectivity index (χ1v) is 20.2. The Balaban J connectivity index is 1.66. The lowest BCUT2D eigenvalue weighted by atomic mass is 9.80. The molecule has 6 N–H and O–H groups in total. The molecule has 0 radical (unpaired) electrons. The summed E-state index contributed by atoms with van der Waals surface area (Å²) in [5.74, 6) is -1.84. The number of carbonyl (C=O) groups excluding carboxylic acids is 1. The zero-order valence-corrected chi connectivity index (χ0v) is 33.5. The number of hydrogen-bond donors (Lipinski definition) is 6. The summed E-state index contributed by atoms with van der Waals surface area (Å²) in [4.78, 5) is 13.5. The molecule has 53 heavy (non-hydrogen) atoms. The Labute approximate surface area is 317 Å². The molecule has 0 aromatic heterocycles. The van der Waals surface area contributed by atoms with Crippen LogP contribution in [0.1, 0.15) is 139 Å². The second-order valence-electron chi connectivity index (χ2n) is 17.8. The van der Waals surface area contributed by atoms with Crippen LogP contribution >= 0.6 is 0 Å². The summed E-state index contributed by atoms with van der Waals surface area (Å²) in [5.41, 5.74) is -2.67. The summed E-state index contributed by atoms with van der Waals surface area (Å²) < 4.78 is 26.4. The second-order valence-corrected chi connectivity index (χ2v) is 17.8. The van der Waals surface area contributed by atoms with Crippen LogP contribution in [0.5, 0.6) is 0 Å². The molecule has 304 valence electrons. The maximum absolute atomic E-state index is 13.5. The molecule has 11 heteroatoms. The number of fused-ring (bicyclic) bond motifs is 2. The lowest BCUT2D eigenvalue weighted by molar-refractivity contribution is -0.347. The van der Waals surface area contributed by atoms with E-state index >= 15 is 0 Å². The van der Waals surface area contributed by atoms with E-state index < -0.39 is 71.1 Å². The van der Waals surface area contributed by atoms with Gasteiger partial charge < -0.3 is 49.6 Å². The number of rotatable bonds is 3. The fraction of sp³-hybridized carbons (Fsp3) is 0.833. The standard InChI is InChI=1S/C42H70O11/c1-9-30(43)21-32-26(2)16-20-42(52-32)25-35-28(4)33(53-42)23-34-29(24-39(5,6)51-34)15-13-11-10-12-14-18-40(7,48)36(45)22-31(44)27(3)38(47)41(8,49)19-17-37(46)50-35/h13,15,17,19,26-28,30-33,35-36,38,43-45,47-49H,9-12,14,16,18,20-25H2,1-8H3/b15-13+,19-17+. The quantitative estimate of drug-likeness (QED) is 0.200. The van der Waals surface area contributed by atoms with Gasteiger partial charge in [0.15, 0.2) is 5.79 Å². The molecule has 4 rings (SSSR count). The van der Waals surface area contributed by atoms with E-state index in [0.717, 1.165) is 49.5 Å². The minimum absolute atomic E-state index is 0.199. The van der Waals surface area contributed by atoms with Crippen LogP contribution in [0, 0.1) is 17.8 Å². The fourth-order valence-corrected chi connectivity index (χ4v) is 8.35. The zero-order chi connectivity index (χ0) is 39.4. The van der Waals surface area contributed by atoms with Crippen LogP contribution in [-0.2, 0) is 23.7 Å². The summed E-state index contributed by atoms with van der Waals surface area (Å²) in [7, 11) is 0. The number of hydrogen-bond acceptors (Lipinski definition) is 11. The average Bonchev–Trinajstić information content (AvgIpc) is 3.38. The van der Waals surface area contributed by atoms with Gasteiger partial charge in [-0.25, -0.2) is 4.79 Å². The number of ether oxygens (including phenoxy) is 4. The molecule has 4 aliphatic rings. The molecule has 13 atom stereocenters. The van der Waals surface area contributed by atoms with Gasteiger partial charge >= 0.3 is 5.97 Å². The van der Waals surface area contributed by atoms with Crippen LogP contribution in [-0.4, -0.2) is 102 Å². The van der Waals surface area contributed by atoms with Crippen molar-refractivity contribution in [2.45, 2.75) is 204 Å². The van der Waals surface area contributed by atoms with Gasteiger partial charge in [-0.2, -0.15) is 0 Å². The van der Waals surface area contributed by atoms with E-state index in [1.807, 2.05) is 13.8 Å². The maximum atomic E-state index is 13.5. The Hall–Kier alpha value is -1.83. The van der Waals surface area contributed by atoms with Crippen molar-refractivity contribution in [1.82, 2.24) is 0 Å². The maximum Gasteiger partial charge on any atom is 0.330 e. The normalized spacial score (nSPS) is 44.3. The third-order valence-corrected chi connectivity index (χ3v) is 12.4. The molecule has 0 aromatic carbocycles. The van der Waals surface area contributed by atoms with Crippen molar-refractivity contribution in [2.75, 3.05) is 0 Å². The van der Waals surface area contributed by atoms with Gasteiger partial charge in [0.2, 0.25) is 0 Å². The third kappa shape index (κ3) is 11.6. The largest absolute Gasteiger partial charge is 0.491 e. The van der Waals surface area contributed by atoms with Gasteiger partial charge in [0.25, 0.3) is 0 Å². The molecule has 1 spiro atoms. The molecule has 0 aliphatic carbocycles. The summed E-state index contributed by atoms with van der Waals surface area (Å²) in [6.45, 7) is 14.6. The highest BCUT2D eigenvalue weighted by Gasteiger charge is 2.52. The summed E-state index contributed by atoms with van der Waals surface area (Å²) >= 11 is 0. The number of carbonyl (C=O) groups is 1. The van der Waals surface area contributed by atoms with Gasteiger partial charge in [-0.3, -0.25) is 0 Å². The van der Waals surface area contributed by atoms with Crippen LogP contribution < -0.4 is 0 Å². The lowest BCUT2D eigenvalue weighted by Gasteiger charge is -2.52. The van der Waals surface area contributed by atoms with E-state index in [2.05, 4.69) is 32.9 Å². The average molecular weight is 751 g/mol. The van der Waals surface area contributed by atoms with E-state index in [1.165, 1.54) is 13.0 Å². The van der Waals surface area contributed by atoms with Crippen LogP contribution in [0.25, 0.3) is 0 Å². The van der Waals surface area contributed by atoms with Crippen LogP contribution in [0.3, 0.4) is 0 Å².